The summed E-state index contributed by atoms with van der Waals surface area (Å²) in [7, 11) is -3.03. The molecule has 5 nitrogen and oxygen atoms in total. The molecule has 1 amide bonds. The summed E-state index contributed by atoms with van der Waals surface area (Å²) < 4.78 is 22.8. The first-order valence-electron chi connectivity index (χ1n) is 5.51. The number of thiocarbonyl (C=S) groups is 1. The van der Waals surface area contributed by atoms with Crippen LogP contribution in [0.25, 0.3) is 0 Å². The van der Waals surface area contributed by atoms with Crippen LogP contribution >= 0.6 is 12.2 Å². The first-order valence-corrected chi connectivity index (χ1v) is 7.74. The molecule has 0 radical (unpaired) electrons. The van der Waals surface area contributed by atoms with E-state index in [9.17, 15) is 13.2 Å². The standard InChI is InChI=1S/C10H18N2O3S2/c1-3-7(8(11)16)9(13)12-10(2)4-5-17(14,15)6-10/h7H,3-6H2,1-2H3,(H2,11,16)(H,12,13). The molecule has 17 heavy (non-hydrogen) atoms. The molecule has 2 atom stereocenters. The van der Waals surface area contributed by atoms with Crippen LogP contribution in [-0.2, 0) is 14.6 Å². The SMILES string of the molecule is CCC(C(=O)NC1(C)CCS(=O)(=O)C1)C(N)=S. The van der Waals surface area contributed by atoms with Crippen LogP contribution in [0, 0.1) is 5.92 Å². The third-order valence-corrected chi connectivity index (χ3v) is 5.18. The fourth-order valence-corrected chi connectivity index (χ4v) is 4.38. The van der Waals surface area contributed by atoms with E-state index in [1.807, 2.05) is 6.92 Å². The van der Waals surface area contributed by atoms with Crippen molar-refractivity contribution in [1.82, 2.24) is 5.32 Å². The van der Waals surface area contributed by atoms with E-state index in [1.165, 1.54) is 0 Å². The first-order chi connectivity index (χ1) is 7.69. The van der Waals surface area contributed by atoms with Gasteiger partial charge in [0.2, 0.25) is 5.91 Å². The maximum Gasteiger partial charge on any atom is 0.230 e. The number of carbonyl (C=O) groups excluding carboxylic acids is 1. The van der Waals surface area contributed by atoms with Crippen molar-refractivity contribution in [3.8, 4) is 0 Å². The summed E-state index contributed by atoms with van der Waals surface area (Å²) in [4.78, 5) is 12.1. The van der Waals surface area contributed by atoms with E-state index >= 15 is 0 Å². The Morgan fingerprint density at radius 3 is 2.53 bits per heavy atom. The monoisotopic (exact) mass is 278 g/mol. The lowest BCUT2D eigenvalue weighted by Crippen LogP contribution is -2.51. The summed E-state index contributed by atoms with van der Waals surface area (Å²) >= 11 is 4.81. The lowest BCUT2D eigenvalue weighted by molar-refractivity contribution is -0.124. The molecule has 2 unspecified atom stereocenters. The van der Waals surface area contributed by atoms with Gasteiger partial charge in [-0.3, -0.25) is 4.79 Å². The number of nitrogens with one attached hydrogen (secondary N) is 1. The van der Waals surface area contributed by atoms with Gasteiger partial charge in [-0.1, -0.05) is 19.1 Å². The summed E-state index contributed by atoms with van der Waals surface area (Å²) in [5.74, 6) is -0.697. The Hall–Kier alpha value is -0.690. The van der Waals surface area contributed by atoms with Gasteiger partial charge in [-0.25, -0.2) is 8.42 Å². The van der Waals surface area contributed by atoms with Gasteiger partial charge in [-0.15, -0.1) is 0 Å². The normalized spacial score (nSPS) is 28.6. The molecule has 0 saturated carbocycles. The van der Waals surface area contributed by atoms with Crippen molar-refractivity contribution in [3.63, 3.8) is 0 Å². The highest BCUT2D eigenvalue weighted by Gasteiger charge is 2.40. The topological polar surface area (TPSA) is 89.3 Å². The molecule has 98 valence electrons. The van der Waals surface area contributed by atoms with Crippen LogP contribution in [0.3, 0.4) is 0 Å². The van der Waals surface area contributed by atoms with Gasteiger partial charge in [0.1, 0.15) is 0 Å². The van der Waals surface area contributed by atoms with Gasteiger partial charge in [0.15, 0.2) is 9.84 Å². The van der Waals surface area contributed by atoms with Gasteiger partial charge in [0.25, 0.3) is 0 Å². The molecular weight excluding hydrogens is 260 g/mol. The fourth-order valence-electron chi connectivity index (χ4n) is 2.01. The van der Waals surface area contributed by atoms with Crippen LogP contribution in [-0.4, -0.2) is 36.4 Å². The predicted octanol–water partition coefficient (Wildman–Crippen LogP) is -0.00790. The smallest absolute Gasteiger partial charge is 0.230 e. The lowest BCUT2D eigenvalue weighted by atomic mass is 9.99. The minimum Gasteiger partial charge on any atom is -0.393 e. The van der Waals surface area contributed by atoms with Gasteiger partial charge in [-0.05, 0) is 19.8 Å². The molecule has 0 aliphatic carbocycles. The van der Waals surface area contributed by atoms with Crippen LogP contribution in [0.2, 0.25) is 0 Å². The van der Waals surface area contributed by atoms with Crippen molar-refractivity contribution < 1.29 is 13.2 Å². The minimum atomic E-state index is -3.03. The Balaban J connectivity index is 2.72. The molecule has 3 N–H and O–H groups in total. The molecule has 0 aromatic carbocycles. The number of hydrogen-bond donors (Lipinski definition) is 2. The van der Waals surface area contributed by atoms with E-state index in [1.54, 1.807) is 6.92 Å². The van der Waals surface area contributed by atoms with Crippen molar-refractivity contribution in [2.75, 3.05) is 11.5 Å². The maximum absolute atomic E-state index is 11.9. The van der Waals surface area contributed by atoms with Crippen LogP contribution in [0.4, 0.5) is 0 Å². The zero-order chi connectivity index (χ0) is 13.3. The Bertz CT molecular complexity index is 433. The molecule has 1 saturated heterocycles. The summed E-state index contributed by atoms with van der Waals surface area (Å²) in [6, 6.07) is 0. The highest BCUT2D eigenvalue weighted by Crippen LogP contribution is 2.23. The van der Waals surface area contributed by atoms with Gasteiger partial charge in [0.05, 0.1) is 28.0 Å². The zero-order valence-electron chi connectivity index (χ0n) is 10.0. The van der Waals surface area contributed by atoms with Crippen LogP contribution < -0.4 is 11.1 Å². The average molecular weight is 278 g/mol. The Morgan fingerprint density at radius 1 is 1.59 bits per heavy atom. The highest BCUT2D eigenvalue weighted by molar-refractivity contribution is 7.91. The van der Waals surface area contributed by atoms with E-state index in [0.717, 1.165) is 0 Å². The summed E-state index contributed by atoms with van der Waals surface area (Å²) in [5, 5.41) is 2.76. The number of carbonyl (C=O) groups is 1. The minimum absolute atomic E-state index is 0.0144. The van der Waals surface area contributed by atoms with Crippen molar-refractivity contribution in [2.24, 2.45) is 11.7 Å². The van der Waals surface area contributed by atoms with Gasteiger partial charge >= 0.3 is 0 Å². The third kappa shape index (κ3) is 3.64. The largest absolute Gasteiger partial charge is 0.393 e. The van der Waals surface area contributed by atoms with Crippen LogP contribution in [0.1, 0.15) is 26.7 Å². The summed E-state index contributed by atoms with van der Waals surface area (Å²) in [6.45, 7) is 3.55. The predicted molar refractivity (Wildman–Crippen MR) is 70.4 cm³/mol. The van der Waals surface area contributed by atoms with Crippen molar-refractivity contribution in [2.45, 2.75) is 32.2 Å². The van der Waals surface area contributed by atoms with Crippen molar-refractivity contribution in [1.29, 1.82) is 0 Å². The number of amides is 1. The molecular formula is C10H18N2O3S2. The molecule has 1 aliphatic rings. The quantitative estimate of drug-likeness (QED) is 0.706. The van der Waals surface area contributed by atoms with Crippen molar-refractivity contribution in [3.05, 3.63) is 0 Å². The first kappa shape index (κ1) is 14.4. The second-order valence-electron chi connectivity index (χ2n) is 4.76. The molecule has 0 spiro atoms. The second kappa shape index (κ2) is 4.89. The van der Waals surface area contributed by atoms with Gasteiger partial charge < -0.3 is 11.1 Å². The molecule has 1 heterocycles. The van der Waals surface area contributed by atoms with Crippen LogP contribution in [0.15, 0.2) is 0 Å². The molecule has 1 aliphatic heterocycles. The highest BCUT2D eigenvalue weighted by atomic mass is 32.2. The van der Waals surface area contributed by atoms with Crippen molar-refractivity contribution >= 4 is 33.0 Å². The average Bonchev–Trinajstić information content (AvgIpc) is 2.40. The Labute approximate surface area is 107 Å². The molecule has 1 fully saturated rings. The summed E-state index contributed by atoms with van der Waals surface area (Å²) in [6.07, 6.45) is 0.957. The number of nitrogens with two attached hydrogens (primary N) is 1. The fraction of sp³-hybridized carbons (Fsp3) is 0.800. The maximum atomic E-state index is 11.9. The van der Waals surface area contributed by atoms with E-state index in [4.69, 9.17) is 18.0 Å². The second-order valence-corrected chi connectivity index (χ2v) is 7.41. The molecule has 1 rings (SSSR count). The molecule has 0 aromatic heterocycles. The van der Waals surface area contributed by atoms with E-state index in [-0.39, 0.29) is 22.4 Å². The summed E-state index contributed by atoms with van der Waals surface area (Å²) in [5.41, 5.74) is 4.78. The van der Waals surface area contributed by atoms with E-state index in [2.05, 4.69) is 5.32 Å². The third-order valence-electron chi connectivity index (χ3n) is 3.00. The molecule has 0 bridgehead atoms. The van der Waals surface area contributed by atoms with Gasteiger partial charge in [0, 0.05) is 0 Å². The molecule has 7 heteroatoms. The Kier molecular flexibility index (Phi) is 4.14. The lowest BCUT2D eigenvalue weighted by Gasteiger charge is -2.26. The zero-order valence-corrected chi connectivity index (χ0v) is 11.7. The number of hydrogen-bond acceptors (Lipinski definition) is 4. The molecule has 0 aromatic rings. The van der Waals surface area contributed by atoms with E-state index in [0.29, 0.717) is 12.8 Å². The number of sulfone groups is 1. The number of rotatable bonds is 4. The van der Waals surface area contributed by atoms with Crippen LogP contribution in [0.5, 0.6) is 0 Å². The Morgan fingerprint density at radius 2 is 2.18 bits per heavy atom. The van der Waals surface area contributed by atoms with E-state index < -0.39 is 21.3 Å². The van der Waals surface area contributed by atoms with Gasteiger partial charge in [-0.2, -0.15) is 0 Å².